The van der Waals surface area contributed by atoms with Gasteiger partial charge in [-0.1, -0.05) is 0 Å². The van der Waals surface area contributed by atoms with Crippen LogP contribution >= 0.6 is 0 Å². The van der Waals surface area contributed by atoms with Gasteiger partial charge in [-0.25, -0.2) is 4.79 Å². The lowest BCUT2D eigenvalue weighted by Gasteiger charge is -2.13. The molecule has 0 atom stereocenters. The summed E-state index contributed by atoms with van der Waals surface area (Å²) in [6.45, 7) is -3.26. The quantitative estimate of drug-likeness (QED) is 0.823. The van der Waals surface area contributed by atoms with Crippen LogP contribution in [0.2, 0.25) is 0 Å². The molecule has 5 nitrogen and oxygen atoms in total. The zero-order valence-electron chi connectivity index (χ0n) is 9.44. The van der Waals surface area contributed by atoms with Gasteiger partial charge in [0, 0.05) is 12.1 Å². The Hall–Kier alpha value is -2.20. The molecule has 0 saturated heterocycles. The van der Waals surface area contributed by atoms with Crippen molar-refractivity contribution in [3.8, 4) is 11.8 Å². The third-order valence-corrected chi connectivity index (χ3v) is 2.20. The molecule has 0 bridgehead atoms. The molecule has 18 heavy (non-hydrogen) atoms. The molecule has 2 N–H and O–H groups in total. The summed E-state index contributed by atoms with van der Waals surface area (Å²) in [6, 6.07) is 4.18. The fourth-order valence-electron chi connectivity index (χ4n) is 1.46. The maximum Gasteiger partial charge on any atom is 0.387 e. The molecule has 0 fully saturated rings. The number of nitriles is 1. The number of ether oxygens (including phenoxy) is 2. The topological polar surface area (TPSA) is 85.3 Å². The summed E-state index contributed by atoms with van der Waals surface area (Å²) in [4.78, 5) is 11.6. The maximum atomic E-state index is 12.2. The van der Waals surface area contributed by atoms with E-state index in [0.29, 0.717) is 0 Å². The number of hydrogen-bond donors (Lipinski definition) is 1. The molecule has 0 amide bonds. The lowest BCUT2D eigenvalue weighted by molar-refractivity contribution is -0.0504. The van der Waals surface area contributed by atoms with E-state index in [1.807, 2.05) is 6.07 Å². The Morgan fingerprint density at radius 3 is 2.67 bits per heavy atom. The SMILES string of the molecule is COC(=O)c1c(OC(F)F)ccc(C#N)c1CN. The Morgan fingerprint density at radius 1 is 1.56 bits per heavy atom. The van der Waals surface area contributed by atoms with Gasteiger partial charge in [0.25, 0.3) is 0 Å². The second-order valence-electron chi connectivity index (χ2n) is 3.15. The van der Waals surface area contributed by atoms with Gasteiger partial charge in [0.05, 0.1) is 18.7 Å². The number of carbonyl (C=O) groups is 1. The normalized spacial score (nSPS) is 10.0. The first-order valence-electron chi connectivity index (χ1n) is 4.84. The molecule has 0 aliphatic carbocycles. The van der Waals surface area contributed by atoms with Gasteiger partial charge in [-0.3, -0.25) is 0 Å². The summed E-state index contributed by atoms with van der Waals surface area (Å²) in [6.07, 6.45) is 0. The Labute approximate surface area is 102 Å². The van der Waals surface area contributed by atoms with Crippen molar-refractivity contribution in [3.63, 3.8) is 0 Å². The highest BCUT2D eigenvalue weighted by Crippen LogP contribution is 2.27. The first-order chi connectivity index (χ1) is 8.54. The second-order valence-corrected chi connectivity index (χ2v) is 3.15. The number of hydrogen-bond acceptors (Lipinski definition) is 5. The summed E-state index contributed by atoms with van der Waals surface area (Å²) >= 11 is 0. The van der Waals surface area contributed by atoms with E-state index >= 15 is 0 Å². The minimum Gasteiger partial charge on any atom is -0.465 e. The Balaban J connectivity index is 3.45. The molecule has 96 valence electrons. The Kier molecular flexibility index (Phi) is 4.57. The van der Waals surface area contributed by atoms with Crippen LogP contribution in [0.15, 0.2) is 12.1 Å². The van der Waals surface area contributed by atoms with Crippen molar-refractivity contribution in [3.05, 3.63) is 28.8 Å². The molecular formula is C11H10F2N2O3. The molecular weight excluding hydrogens is 246 g/mol. The van der Waals surface area contributed by atoms with Gasteiger partial charge in [0.1, 0.15) is 11.3 Å². The fraction of sp³-hybridized carbons (Fsp3) is 0.273. The van der Waals surface area contributed by atoms with E-state index in [1.54, 1.807) is 0 Å². The van der Waals surface area contributed by atoms with Crippen molar-refractivity contribution in [1.29, 1.82) is 5.26 Å². The number of carbonyl (C=O) groups excluding carboxylic acids is 1. The summed E-state index contributed by atoms with van der Waals surface area (Å²) < 4.78 is 33.1. The van der Waals surface area contributed by atoms with Gasteiger partial charge in [-0.05, 0) is 12.1 Å². The second kappa shape index (κ2) is 5.93. The number of rotatable bonds is 4. The van der Waals surface area contributed by atoms with Crippen LogP contribution < -0.4 is 10.5 Å². The van der Waals surface area contributed by atoms with E-state index in [4.69, 9.17) is 11.0 Å². The van der Waals surface area contributed by atoms with Gasteiger partial charge in [-0.2, -0.15) is 14.0 Å². The minimum absolute atomic E-state index is 0.111. The maximum absolute atomic E-state index is 12.2. The van der Waals surface area contributed by atoms with Crippen LogP contribution in [0.4, 0.5) is 8.78 Å². The molecule has 7 heteroatoms. The number of nitrogens with zero attached hydrogens (tertiary/aromatic N) is 1. The Morgan fingerprint density at radius 2 is 2.22 bits per heavy atom. The van der Waals surface area contributed by atoms with Crippen LogP contribution in [0.25, 0.3) is 0 Å². The molecule has 0 aromatic heterocycles. The molecule has 0 unspecified atom stereocenters. The predicted molar refractivity (Wildman–Crippen MR) is 57.0 cm³/mol. The van der Waals surface area contributed by atoms with E-state index < -0.39 is 12.6 Å². The van der Waals surface area contributed by atoms with Gasteiger partial charge in [0.2, 0.25) is 0 Å². The zero-order chi connectivity index (χ0) is 13.7. The van der Waals surface area contributed by atoms with Gasteiger partial charge in [0.15, 0.2) is 0 Å². The molecule has 0 heterocycles. The largest absolute Gasteiger partial charge is 0.465 e. The molecule has 0 spiro atoms. The highest BCUT2D eigenvalue weighted by Gasteiger charge is 2.22. The number of alkyl halides is 2. The number of benzene rings is 1. The summed E-state index contributed by atoms with van der Waals surface area (Å²) in [5, 5.41) is 8.85. The van der Waals surface area contributed by atoms with E-state index in [-0.39, 0.29) is 29.0 Å². The summed E-state index contributed by atoms with van der Waals surface area (Å²) in [7, 11) is 1.09. The van der Waals surface area contributed by atoms with Crippen LogP contribution in [-0.4, -0.2) is 19.7 Å². The van der Waals surface area contributed by atoms with Gasteiger partial charge in [-0.15, -0.1) is 0 Å². The van der Waals surface area contributed by atoms with E-state index in [2.05, 4.69) is 9.47 Å². The van der Waals surface area contributed by atoms with Gasteiger partial charge < -0.3 is 15.2 Å². The number of halogens is 2. The smallest absolute Gasteiger partial charge is 0.387 e. The summed E-state index contributed by atoms with van der Waals surface area (Å²) in [5.74, 6) is -1.25. The van der Waals surface area contributed by atoms with Crippen molar-refractivity contribution in [2.45, 2.75) is 13.2 Å². The van der Waals surface area contributed by atoms with E-state index in [9.17, 15) is 13.6 Å². The van der Waals surface area contributed by atoms with Crippen LogP contribution in [0, 0.1) is 11.3 Å². The van der Waals surface area contributed by atoms with Crippen LogP contribution in [0.3, 0.4) is 0 Å². The average Bonchev–Trinajstić information content (AvgIpc) is 2.36. The van der Waals surface area contributed by atoms with E-state index in [0.717, 1.165) is 13.2 Å². The van der Waals surface area contributed by atoms with Crippen molar-refractivity contribution < 1.29 is 23.0 Å². The van der Waals surface area contributed by atoms with Crippen LogP contribution in [0.1, 0.15) is 21.5 Å². The molecule has 0 aliphatic rings. The third kappa shape index (κ3) is 2.73. The minimum atomic E-state index is -3.09. The van der Waals surface area contributed by atoms with Crippen molar-refractivity contribution >= 4 is 5.97 Å². The van der Waals surface area contributed by atoms with Crippen molar-refractivity contribution in [1.82, 2.24) is 0 Å². The average molecular weight is 256 g/mol. The number of nitrogens with two attached hydrogens (primary N) is 1. The van der Waals surface area contributed by atoms with Crippen molar-refractivity contribution in [2.75, 3.05) is 7.11 Å². The third-order valence-electron chi connectivity index (χ3n) is 2.20. The molecule has 0 aliphatic heterocycles. The lowest BCUT2D eigenvalue weighted by atomic mass is 10.0. The number of methoxy groups -OCH3 is 1. The Bertz CT molecular complexity index is 498. The molecule has 1 aromatic carbocycles. The van der Waals surface area contributed by atoms with Gasteiger partial charge >= 0.3 is 12.6 Å². The van der Waals surface area contributed by atoms with E-state index in [1.165, 1.54) is 6.07 Å². The van der Waals surface area contributed by atoms with Crippen molar-refractivity contribution in [2.24, 2.45) is 5.73 Å². The lowest BCUT2D eigenvalue weighted by Crippen LogP contribution is -2.15. The first-order valence-corrected chi connectivity index (χ1v) is 4.84. The zero-order valence-corrected chi connectivity index (χ0v) is 9.44. The van der Waals surface area contributed by atoms with Crippen LogP contribution in [0.5, 0.6) is 5.75 Å². The number of esters is 1. The first kappa shape index (κ1) is 13.9. The fourth-order valence-corrected chi connectivity index (χ4v) is 1.46. The highest BCUT2D eigenvalue weighted by molar-refractivity contribution is 5.95. The molecule has 0 saturated carbocycles. The monoisotopic (exact) mass is 256 g/mol. The highest BCUT2D eigenvalue weighted by atomic mass is 19.3. The summed E-state index contributed by atoms with van der Waals surface area (Å²) in [5.41, 5.74) is 5.39. The van der Waals surface area contributed by atoms with Crippen LogP contribution in [-0.2, 0) is 11.3 Å². The predicted octanol–water partition coefficient (Wildman–Crippen LogP) is 1.40. The molecule has 0 radical (unpaired) electrons. The molecule has 1 aromatic rings. The standard InChI is InChI=1S/C11H10F2N2O3/c1-17-10(16)9-7(5-15)6(4-14)2-3-8(9)18-11(12)13/h2-3,11H,5,15H2,1H3. The molecule has 1 rings (SSSR count).